The Morgan fingerprint density at radius 2 is 1.62 bits per heavy atom. The highest BCUT2D eigenvalue weighted by atomic mass is 28.4. The van der Waals surface area contributed by atoms with Crippen molar-refractivity contribution in [2.45, 2.75) is 96.3 Å². The van der Waals surface area contributed by atoms with Crippen molar-refractivity contribution in [1.29, 1.82) is 0 Å². The zero-order valence-electron chi connectivity index (χ0n) is 24.8. The SMILES string of the molecule is CCC1=Cc2c(-c3ccc(C(C)(C)C)cc3)cccc2C1[Si](C)(C)Oc1ccccc1C=NC1CCCCC1. The Balaban J connectivity index is 1.45. The Morgan fingerprint density at radius 1 is 0.897 bits per heavy atom. The molecule has 3 aromatic rings. The highest BCUT2D eigenvalue weighted by Gasteiger charge is 2.43. The van der Waals surface area contributed by atoms with Crippen molar-refractivity contribution in [3.8, 4) is 16.9 Å². The van der Waals surface area contributed by atoms with Gasteiger partial charge in [0.05, 0.1) is 0 Å². The van der Waals surface area contributed by atoms with E-state index in [-0.39, 0.29) is 5.41 Å². The summed E-state index contributed by atoms with van der Waals surface area (Å²) in [6.45, 7) is 13.9. The molecule has 0 aliphatic heterocycles. The zero-order chi connectivity index (χ0) is 27.6. The molecule has 0 aromatic heterocycles. The normalized spacial score (nSPS) is 18.3. The molecule has 204 valence electrons. The number of hydrogen-bond donors (Lipinski definition) is 0. The van der Waals surface area contributed by atoms with Gasteiger partial charge in [0, 0.05) is 23.4 Å². The Morgan fingerprint density at radius 3 is 2.31 bits per heavy atom. The predicted molar refractivity (Wildman–Crippen MR) is 171 cm³/mol. The number of aliphatic imine (C=N–C) groups is 1. The van der Waals surface area contributed by atoms with Crippen molar-refractivity contribution in [1.82, 2.24) is 0 Å². The van der Waals surface area contributed by atoms with Crippen molar-refractivity contribution in [2.75, 3.05) is 0 Å². The first kappa shape index (κ1) is 27.6. The molecule has 1 unspecified atom stereocenters. The predicted octanol–water partition coefficient (Wildman–Crippen LogP) is 10.1. The van der Waals surface area contributed by atoms with Crippen LogP contribution in [0.3, 0.4) is 0 Å². The molecular formula is C36H45NOSi. The van der Waals surface area contributed by atoms with Crippen molar-refractivity contribution >= 4 is 20.6 Å². The van der Waals surface area contributed by atoms with Crippen LogP contribution in [0.25, 0.3) is 17.2 Å². The first-order chi connectivity index (χ1) is 18.7. The molecule has 5 rings (SSSR count). The first-order valence-corrected chi connectivity index (χ1v) is 17.9. The third-order valence-electron chi connectivity index (χ3n) is 8.61. The maximum absolute atomic E-state index is 7.05. The lowest BCUT2D eigenvalue weighted by molar-refractivity contribution is 0.444. The molecule has 0 N–H and O–H groups in total. The van der Waals surface area contributed by atoms with E-state index in [0.717, 1.165) is 17.7 Å². The average Bonchev–Trinajstić information content (AvgIpc) is 3.33. The minimum Gasteiger partial charge on any atom is -0.543 e. The van der Waals surface area contributed by atoms with Gasteiger partial charge in [-0.15, -0.1) is 0 Å². The average molecular weight is 536 g/mol. The molecule has 2 aliphatic rings. The van der Waals surface area contributed by atoms with Crippen molar-refractivity contribution < 1.29 is 4.43 Å². The first-order valence-electron chi connectivity index (χ1n) is 14.9. The van der Waals surface area contributed by atoms with E-state index < -0.39 is 8.32 Å². The number of allylic oxidation sites excluding steroid dienone is 1. The molecular weight excluding hydrogens is 490 g/mol. The number of nitrogens with zero attached hydrogens (tertiary/aromatic N) is 1. The second kappa shape index (κ2) is 11.3. The molecule has 3 aromatic carbocycles. The summed E-state index contributed by atoms with van der Waals surface area (Å²) in [6, 6.07) is 25.0. The quantitative estimate of drug-likeness (QED) is 0.218. The van der Waals surface area contributed by atoms with Gasteiger partial charge in [0.15, 0.2) is 0 Å². The van der Waals surface area contributed by atoms with Gasteiger partial charge in [-0.25, -0.2) is 0 Å². The van der Waals surface area contributed by atoms with Crippen molar-refractivity contribution in [2.24, 2.45) is 4.99 Å². The highest BCUT2D eigenvalue weighted by molar-refractivity contribution is 6.74. The Hall–Kier alpha value is -2.91. The van der Waals surface area contributed by atoms with Crippen LogP contribution in [0, 0.1) is 0 Å². The third kappa shape index (κ3) is 5.99. The van der Waals surface area contributed by atoms with Crippen molar-refractivity contribution in [3.63, 3.8) is 0 Å². The molecule has 0 saturated heterocycles. The summed E-state index contributed by atoms with van der Waals surface area (Å²) in [6.07, 6.45) is 12.0. The maximum atomic E-state index is 7.05. The smallest absolute Gasteiger partial charge is 0.256 e. The largest absolute Gasteiger partial charge is 0.543 e. The van der Waals surface area contributed by atoms with Gasteiger partial charge in [-0.05, 0) is 77.7 Å². The van der Waals surface area contributed by atoms with Crippen LogP contribution < -0.4 is 4.43 Å². The maximum Gasteiger partial charge on any atom is 0.256 e. The zero-order valence-corrected chi connectivity index (χ0v) is 25.8. The number of rotatable bonds is 7. The highest BCUT2D eigenvalue weighted by Crippen LogP contribution is 2.47. The Labute approximate surface area is 237 Å². The van der Waals surface area contributed by atoms with Gasteiger partial charge in [-0.3, -0.25) is 4.99 Å². The number of hydrogen-bond acceptors (Lipinski definition) is 2. The second-order valence-corrected chi connectivity index (χ2v) is 16.9. The molecule has 1 saturated carbocycles. The topological polar surface area (TPSA) is 21.6 Å². The summed E-state index contributed by atoms with van der Waals surface area (Å²) in [5.41, 5.74) is 9.87. The van der Waals surface area contributed by atoms with E-state index in [1.54, 1.807) is 0 Å². The van der Waals surface area contributed by atoms with E-state index >= 15 is 0 Å². The summed E-state index contributed by atoms with van der Waals surface area (Å²) < 4.78 is 7.05. The molecule has 0 bridgehead atoms. The van der Waals surface area contributed by atoms with Gasteiger partial charge in [-0.1, -0.05) is 113 Å². The summed E-state index contributed by atoms with van der Waals surface area (Å²) in [4.78, 5) is 4.97. The lowest BCUT2D eigenvalue weighted by Gasteiger charge is -2.33. The van der Waals surface area contributed by atoms with E-state index in [4.69, 9.17) is 9.42 Å². The van der Waals surface area contributed by atoms with Gasteiger partial charge < -0.3 is 4.43 Å². The van der Waals surface area contributed by atoms with Gasteiger partial charge in [0.2, 0.25) is 0 Å². The molecule has 2 nitrogen and oxygen atoms in total. The van der Waals surface area contributed by atoms with Crippen LogP contribution in [0.5, 0.6) is 5.75 Å². The van der Waals surface area contributed by atoms with Crippen LogP contribution in [0.1, 0.15) is 94.0 Å². The summed E-state index contributed by atoms with van der Waals surface area (Å²) >= 11 is 0. The summed E-state index contributed by atoms with van der Waals surface area (Å²) in [5.74, 6) is 0.978. The van der Waals surface area contributed by atoms with Gasteiger partial charge >= 0.3 is 0 Å². The molecule has 39 heavy (non-hydrogen) atoms. The van der Waals surface area contributed by atoms with Crippen LogP contribution in [0.15, 0.2) is 77.3 Å². The van der Waals surface area contributed by atoms with Gasteiger partial charge in [-0.2, -0.15) is 0 Å². The Kier molecular flexibility index (Phi) is 8.00. The fraction of sp³-hybridized carbons (Fsp3) is 0.417. The monoisotopic (exact) mass is 535 g/mol. The van der Waals surface area contributed by atoms with Crippen LogP contribution >= 0.6 is 0 Å². The van der Waals surface area contributed by atoms with E-state index in [1.807, 2.05) is 0 Å². The minimum atomic E-state index is -2.23. The van der Waals surface area contributed by atoms with Crippen LogP contribution in [-0.4, -0.2) is 20.6 Å². The standard InChI is InChI=1S/C36H45NOSi/c1-7-26-24-33-31(27-20-22-29(23-21-27)36(2,3)4)17-13-18-32(33)35(26)39(5,6)38-34-19-12-11-14-28(34)25-37-30-15-9-8-10-16-30/h11-14,17-25,30,35H,7-10,15-16H2,1-6H3. The molecule has 0 amide bonds. The molecule has 0 spiro atoms. The fourth-order valence-corrected chi connectivity index (χ4v) is 9.48. The summed E-state index contributed by atoms with van der Waals surface area (Å²) in [7, 11) is -2.23. The van der Waals surface area contributed by atoms with E-state index in [1.165, 1.54) is 65.5 Å². The van der Waals surface area contributed by atoms with Crippen LogP contribution in [0.2, 0.25) is 13.1 Å². The second-order valence-electron chi connectivity index (χ2n) is 13.0. The fourth-order valence-electron chi connectivity index (χ4n) is 6.43. The third-order valence-corrected chi connectivity index (χ3v) is 11.4. The molecule has 0 radical (unpaired) electrons. The van der Waals surface area contributed by atoms with Crippen molar-refractivity contribution in [3.05, 3.63) is 94.6 Å². The summed E-state index contributed by atoms with van der Waals surface area (Å²) in [5, 5.41) is 0. The number of fused-ring (bicyclic) bond motifs is 1. The van der Waals surface area contributed by atoms with Gasteiger partial charge in [0.1, 0.15) is 5.75 Å². The molecule has 2 aliphatic carbocycles. The molecule has 0 heterocycles. The minimum absolute atomic E-state index is 0.155. The van der Waals surface area contributed by atoms with Crippen LogP contribution in [-0.2, 0) is 5.41 Å². The Bertz CT molecular complexity index is 1350. The number of para-hydroxylation sites is 1. The lowest BCUT2D eigenvalue weighted by atomic mass is 9.86. The number of benzene rings is 3. The molecule has 1 atom stereocenters. The van der Waals surface area contributed by atoms with E-state index in [2.05, 4.69) is 120 Å². The molecule has 3 heteroatoms. The lowest BCUT2D eigenvalue weighted by Crippen LogP contribution is -2.42. The molecule has 1 fully saturated rings. The van der Waals surface area contributed by atoms with E-state index in [9.17, 15) is 0 Å². The van der Waals surface area contributed by atoms with Crippen LogP contribution in [0.4, 0.5) is 0 Å². The van der Waals surface area contributed by atoms with Gasteiger partial charge in [0.25, 0.3) is 8.32 Å². The van der Waals surface area contributed by atoms with E-state index in [0.29, 0.717) is 11.6 Å².